The van der Waals surface area contributed by atoms with Gasteiger partial charge in [-0.25, -0.2) is 0 Å². The van der Waals surface area contributed by atoms with Crippen molar-refractivity contribution in [2.45, 2.75) is 40.0 Å². The van der Waals surface area contributed by atoms with Crippen LogP contribution in [-0.2, 0) is 5.41 Å². The SMILES string of the molecule is Cc1cc(-n2nnnc2C(C)(C)C)cc(C)c1Br. The lowest BCUT2D eigenvalue weighted by molar-refractivity contribution is 0.526. The molecule has 0 spiro atoms. The number of rotatable bonds is 1. The molecule has 0 unspecified atom stereocenters. The van der Waals surface area contributed by atoms with Crippen molar-refractivity contribution in [3.8, 4) is 5.69 Å². The average molecular weight is 309 g/mol. The molecule has 1 aromatic heterocycles. The van der Waals surface area contributed by atoms with Crippen LogP contribution in [0.15, 0.2) is 16.6 Å². The van der Waals surface area contributed by atoms with Crippen molar-refractivity contribution >= 4 is 15.9 Å². The predicted molar refractivity (Wildman–Crippen MR) is 75.0 cm³/mol. The fraction of sp³-hybridized carbons (Fsp3) is 0.462. The van der Waals surface area contributed by atoms with Crippen LogP contribution in [0.3, 0.4) is 0 Å². The minimum Gasteiger partial charge on any atom is -0.197 e. The summed E-state index contributed by atoms with van der Waals surface area (Å²) in [6.07, 6.45) is 0. The van der Waals surface area contributed by atoms with Crippen molar-refractivity contribution in [1.82, 2.24) is 20.2 Å². The smallest absolute Gasteiger partial charge is 0.162 e. The molecule has 18 heavy (non-hydrogen) atoms. The number of aryl methyl sites for hydroxylation is 2. The minimum absolute atomic E-state index is 0.0849. The van der Waals surface area contributed by atoms with E-state index in [0.29, 0.717) is 0 Å². The molecule has 2 rings (SSSR count). The zero-order valence-electron chi connectivity index (χ0n) is 11.3. The maximum atomic E-state index is 4.14. The second-order valence-electron chi connectivity index (χ2n) is 5.56. The van der Waals surface area contributed by atoms with Gasteiger partial charge < -0.3 is 0 Å². The van der Waals surface area contributed by atoms with E-state index >= 15 is 0 Å². The van der Waals surface area contributed by atoms with E-state index in [2.05, 4.69) is 78.2 Å². The molecular weight excluding hydrogens is 292 g/mol. The van der Waals surface area contributed by atoms with Gasteiger partial charge in [-0.3, -0.25) is 0 Å². The van der Waals surface area contributed by atoms with Gasteiger partial charge in [0.1, 0.15) is 0 Å². The van der Waals surface area contributed by atoms with Gasteiger partial charge in [0.15, 0.2) is 5.82 Å². The predicted octanol–water partition coefficient (Wildman–Crippen LogP) is 3.34. The van der Waals surface area contributed by atoms with E-state index in [1.807, 2.05) is 4.68 Å². The number of aromatic nitrogens is 4. The summed E-state index contributed by atoms with van der Waals surface area (Å²) in [5, 5.41) is 12.0. The Kier molecular flexibility index (Phi) is 3.27. The summed E-state index contributed by atoms with van der Waals surface area (Å²) in [5.41, 5.74) is 3.28. The molecule has 0 fully saturated rings. The third-order valence-corrected chi connectivity index (χ3v) is 4.06. The second kappa shape index (κ2) is 4.46. The molecule has 5 heteroatoms. The zero-order chi connectivity index (χ0) is 13.5. The van der Waals surface area contributed by atoms with Crippen LogP contribution in [0.25, 0.3) is 5.69 Å². The molecule has 0 aliphatic carbocycles. The van der Waals surface area contributed by atoms with Gasteiger partial charge in [0.2, 0.25) is 0 Å². The standard InChI is InChI=1S/C13H17BrN4/c1-8-6-10(7-9(2)11(8)14)18-12(13(3,4)5)15-16-17-18/h6-7H,1-5H3. The van der Waals surface area contributed by atoms with E-state index in [9.17, 15) is 0 Å². The maximum Gasteiger partial charge on any atom is 0.162 e. The van der Waals surface area contributed by atoms with Gasteiger partial charge in [-0.2, -0.15) is 4.68 Å². The number of benzene rings is 1. The van der Waals surface area contributed by atoms with E-state index in [4.69, 9.17) is 0 Å². The Morgan fingerprint density at radius 3 is 2.17 bits per heavy atom. The maximum absolute atomic E-state index is 4.14. The number of tetrazole rings is 1. The lowest BCUT2D eigenvalue weighted by Gasteiger charge is -2.17. The van der Waals surface area contributed by atoms with E-state index in [0.717, 1.165) is 16.0 Å². The second-order valence-corrected chi connectivity index (χ2v) is 6.35. The van der Waals surface area contributed by atoms with Crippen molar-refractivity contribution in [2.24, 2.45) is 0 Å². The quantitative estimate of drug-likeness (QED) is 0.811. The van der Waals surface area contributed by atoms with Crippen LogP contribution >= 0.6 is 15.9 Å². The van der Waals surface area contributed by atoms with E-state index in [1.54, 1.807) is 0 Å². The lowest BCUT2D eigenvalue weighted by atomic mass is 9.95. The van der Waals surface area contributed by atoms with Crippen LogP contribution < -0.4 is 0 Å². The van der Waals surface area contributed by atoms with E-state index < -0.39 is 0 Å². The number of hydrogen-bond donors (Lipinski definition) is 0. The molecule has 0 N–H and O–H groups in total. The summed E-state index contributed by atoms with van der Waals surface area (Å²) in [4.78, 5) is 0. The molecule has 0 bridgehead atoms. The van der Waals surface area contributed by atoms with Gasteiger partial charge in [0.25, 0.3) is 0 Å². The Hall–Kier alpha value is -1.23. The van der Waals surface area contributed by atoms with Crippen molar-refractivity contribution in [2.75, 3.05) is 0 Å². The Bertz CT molecular complexity index is 558. The van der Waals surface area contributed by atoms with Crippen molar-refractivity contribution in [1.29, 1.82) is 0 Å². The topological polar surface area (TPSA) is 43.6 Å². The molecule has 0 radical (unpaired) electrons. The van der Waals surface area contributed by atoms with Gasteiger partial charge in [-0.15, -0.1) is 5.10 Å². The van der Waals surface area contributed by atoms with Crippen molar-refractivity contribution in [3.63, 3.8) is 0 Å². The minimum atomic E-state index is -0.0849. The van der Waals surface area contributed by atoms with Crippen LogP contribution in [0.5, 0.6) is 0 Å². The van der Waals surface area contributed by atoms with Crippen LogP contribution in [0.1, 0.15) is 37.7 Å². The molecule has 96 valence electrons. The summed E-state index contributed by atoms with van der Waals surface area (Å²) in [6.45, 7) is 10.5. The van der Waals surface area contributed by atoms with Crippen molar-refractivity contribution in [3.05, 3.63) is 33.6 Å². The molecular formula is C13H17BrN4. The monoisotopic (exact) mass is 308 g/mol. The van der Waals surface area contributed by atoms with Gasteiger partial charge in [-0.1, -0.05) is 36.7 Å². The molecule has 0 amide bonds. The highest BCUT2D eigenvalue weighted by atomic mass is 79.9. The molecule has 4 nitrogen and oxygen atoms in total. The zero-order valence-corrected chi connectivity index (χ0v) is 12.9. The summed E-state index contributed by atoms with van der Waals surface area (Å²) in [7, 11) is 0. The molecule has 0 saturated carbocycles. The Labute approximate surface area is 116 Å². The van der Waals surface area contributed by atoms with Crippen LogP contribution in [-0.4, -0.2) is 20.2 Å². The lowest BCUT2D eigenvalue weighted by Crippen LogP contribution is -2.19. The molecule has 2 aromatic rings. The summed E-state index contributed by atoms with van der Waals surface area (Å²) >= 11 is 3.57. The van der Waals surface area contributed by atoms with Gasteiger partial charge in [0.05, 0.1) is 5.69 Å². The Balaban J connectivity index is 2.60. The van der Waals surface area contributed by atoms with Crippen LogP contribution in [0.4, 0.5) is 0 Å². The fourth-order valence-corrected chi connectivity index (χ4v) is 2.10. The first-order chi connectivity index (χ1) is 8.30. The van der Waals surface area contributed by atoms with Gasteiger partial charge in [0, 0.05) is 9.89 Å². The summed E-state index contributed by atoms with van der Waals surface area (Å²) in [6, 6.07) is 4.17. The van der Waals surface area contributed by atoms with Crippen molar-refractivity contribution < 1.29 is 0 Å². The highest BCUT2D eigenvalue weighted by Crippen LogP contribution is 2.26. The third kappa shape index (κ3) is 2.32. The number of halogens is 1. The first-order valence-corrected chi connectivity index (χ1v) is 6.66. The summed E-state index contributed by atoms with van der Waals surface area (Å²) < 4.78 is 2.95. The first kappa shape index (κ1) is 13.2. The highest BCUT2D eigenvalue weighted by Gasteiger charge is 2.23. The third-order valence-electron chi connectivity index (χ3n) is 2.81. The fourth-order valence-electron chi connectivity index (χ4n) is 1.87. The molecule has 0 aliphatic heterocycles. The highest BCUT2D eigenvalue weighted by molar-refractivity contribution is 9.10. The molecule has 1 heterocycles. The van der Waals surface area contributed by atoms with E-state index in [1.165, 1.54) is 11.1 Å². The summed E-state index contributed by atoms with van der Waals surface area (Å²) in [5.74, 6) is 0.864. The number of nitrogens with zero attached hydrogens (tertiary/aromatic N) is 4. The van der Waals surface area contributed by atoms with Gasteiger partial charge >= 0.3 is 0 Å². The normalized spacial score (nSPS) is 11.9. The number of hydrogen-bond acceptors (Lipinski definition) is 3. The molecule has 1 aromatic carbocycles. The largest absolute Gasteiger partial charge is 0.197 e. The Morgan fingerprint density at radius 1 is 1.11 bits per heavy atom. The molecule has 0 atom stereocenters. The van der Waals surface area contributed by atoms with Crippen LogP contribution in [0, 0.1) is 13.8 Å². The average Bonchev–Trinajstić information content (AvgIpc) is 2.73. The van der Waals surface area contributed by atoms with Crippen LogP contribution in [0.2, 0.25) is 0 Å². The molecule has 0 aliphatic rings. The van der Waals surface area contributed by atoms with Gasteiger partial charge in [-0.05, 0) is 47.5 Å². The van der Waals surface area contributed by atoms with E-state index in [-0.39, 0.29) is 5.41 Å². The first-order valence-electron chi connectivity index (χ1n) is 5.86. The molecule has 0 saturated heterocycles. The Morgan fingerprint density at radius 2 is 1.67 bits per heavy atom.